The predicted octanol–water partition coefficient (Wildman–Crippen LogP) is 5.55. The highest BCUT2D eigenvalue weighted by Gasteiger charge is 2.32. The molecule has 0 aliphatic heterocycles. The van der Waals surface area contributed by atoms with E-state index >= 15 is 0 Å². The molecule has 0 unspecified atom stereocenters. The van der Waals surface area contributed by atoms with Crippen LogP contribution in [0.3, 0.4) is 0 Å². The van der Waals surface area contributed by atoms with Gasteiger partial charge < -0.3 is 19.7 Å². The highest BCUT2D eigenvalue weighted by atomic mass is 35.5. The fraction of sp³-hybridized carbons (Fsp3) is 0.481. The van der Waals surface area contributed by atoms with Crippen LogP contribution in [0.15, 0.2) is 42.5 Å². The lowest BCUT2D eigenvalue weighted by atomic mass is 10.0. The van der Waals surface area contributed by atoms with Gasteiger partial charge in [-0.25, -0.2) is 0 Å². The second kappa shape index (κ2) is 13.6. The van der Waals surface area contributed by atoms with Crippen molar-refractivity contribution in [1.29, 1.82) is 0 Å². The van der Waals surface area contributed by atoms with Crippen LogP contribution in [0.4, 0.5) is 0 Å². The molecule has 8 heteroatoms. The van der Waals surface area contributed by atoms with Crippen molar-refractivity contribution in [3.63, 3.8) is 0 Å². The third kappa shape index (κ3) is 7.52. The molecule has 35 heavy (non-hydrogen) atoms. The van der Waals surface area contributed by atoms with Crippen LogP contribution in [-0.4, -0.2) is 49.4 Å². The van der Waals surface area contributed by atoms with E-state index in [1.165, 1.54) is 12.8 Å². The summed E-state index contributed by atoms with van der Waals surface area (Å²) in [5.74, 6) is 0.535. The van der Waals surface area contributed by atoms with E-state index in [1.807, 2.05) is 18.2 Å². The molecule has 0 heterocycles. The summed E-state index contributed by atoms with van der Waals surface area (Å²) in [6.07, 6.45) is 7.00. The first-order valence-electron chi connectivity index (χ1n) is 12.1. The average molecular weight is 521 g/mol. The minimum absolute atomic E-state index is 0.110. The summed E-state index contributed by atoms with van der Waals surface area (Å²) in [6, 6.07) is 12.0. The van der Waals surface area contributed by atoms with Crippen molar-refractivity contribution in [2.45, 2.75) is 57.0 Å². The third-order valence-corrected chi connectivity index (χ3v) is 6.95. The van der Waals surface area contributed by atoms with Crippen molar-refractivity contribution in [2.24, 2.45) is 0 Å². The number of alkyl halides is 1. The largest absolute Gasteiger partial charge is 0.493 e. The molecule has 1 N–H and O–H groups in total. The molecule has 0 radical (unpaired) electrons. The summed E-state index contributed by atoms with van der Waals surface area (Å²) < 4.78 is 10.7. The maximum absolute atomic E-state index is 13.6. The smallest absolute Gasteiger partial charge is 0.247 e. The Morgan fingerprint density at radius 2 is 1.66 bits per heavy atom. The van der Waals surface area contributed by atoms with Crippen molar-refractivity contribution in [2.75, 3.05) is 26.6 Å². The van der Waals surface area contributed by atoms with Crippen molar-refractivity contribution in [3.8, 4) is 11.5 Å². The lowest BCUT2D eigenvalue weighted by molar-refractivity contribution is -0.139. The van der Waals surface area contributed by atoms with Crippen LogP contribution in [0, 0.1) is 0 Å². The van der Waals surface area contributed by atoms with E-state index in [0.717, 1.165) is 31.2 Å². The number of hydrogen-bond acceptors (Lipinski definition) is 4. The zero-order valence-electron chi connectivity index (χ0n) is 20.4. The normalized spacial score (nSPS) is 15.1. The fourth-order valence-electron chi connectivity index (χ4n) is 4.58. The van der Waals surface area contributed by atoms with E-state index in [-0.39, 0.29) is 23.7 Å². The number of nitrogens with one attached hydrogen (secondary N) is 1. The molecule has 3 rings (SSSR count). The topological polar surface area (TPSA) is 67.9 Å². The maximum atomic E-state index is 13.6. The highest BCUT2D eigenvalue weighted by molar-refractivity contribution is 6.30. The number of hydrogen-bond donors (Lipinski definition) is 1. The molecule has 2 aromatic rings. The van der Waals surface area contributed by atoms with Crippen molar-refractivity contribution in [3.05, 3.63) is 58.6 Å². The van der Waals surface area contributed by atoms with Crippen LogP contribution in [0.25, 0.3) is 0 Å². The molecular formula is C27H34Cl2N2O4. The lowest BCUT2D eigenvalue weighted by Crippen LogP contribution is -2.47. The summed E-state index contributed by atoms with van der Waals surface area (Å²) in [5.41, 5.74) is 1.65. The second-order valence-electron chi connectivity index (χ2n) is 8.81. The number of nitrogens with zero attached hydrogens (tertiary/aromatic N) is 1. The first kappa shape index (κ1) is 27.2. The Balaban J connectivity index is 1.87. The molecule has 1 aliphatic carbocycles. The molecule has 1 fully saturated rings. The number of methoxy groups -OCH3 is 2. The van der Waals surface area contributed by atoms with E-state index in [9.17, 15) is 9.59 Å². The Labute approximate surface area is 217 Å². The van der Waals surface area contributed by atoms with Gasteiger partial charge in [0.1, 0.15) is 11.9 Å². The highest BCUT2D eigenvalue weighted by Crippen LogP contribution is 2.29. The van der Waals surface area contributed by atoms with Crippen LogP contribution in [-0.2, 0) is 16.0 Å². The van der Waals surface area contributed by atoms with Crippen LogP contribution in [0.2, 0.25) is 5.02 Å². The van der Waals surface area contributed by atoms with E-state index in [2.05, 4.69) is 5.32 Å². The number of carbonyl (C=O) groups excluding carboxylic acids is 2. The van der Waals surface area contributed by atoms with E-state index in [4.69, 9.17) is 32.7 Å². The minimum atomic E-state index is -0.804. The van der Waals surface area contributed by atoms with Crippen LogP contribution < -0.4 is 14.8 Å². The lowest BCUT2D eigenvalue weighted by Gasteiger charge is -2.32. The van der Waals surface area contributed by atoms with Crippen LogP contribution in [0.1, 0.15) is 55.7 Å². The minimum Gasteiger partial charge on any atom is -0.493 e. The molecule has 0 bridgehead atoms. The number of ether oxygens (including phenoxy) is 2. The molecule has 1 atom stereocenters. The monoisotopic (exact) mass is 520 g/mol. The average Bonchev–Trinajstić information content (AvgIpc) is 3.15. The van der Waals surface area contributed by atoms with E-state index in [1.54, 1.807) is 43.4 Å². The molecule has 1 saturated carbocycles. The molecule has 190 valence electrons. The third-order valence-electron chi connectivity index (χ3n) is 6.47. The first-order chi connectivity index (χ1) is 17.0. The van der Waals surface area contributed by atoms with Gasteiger partial charge in [-0.3, -0.25) is 9.59 Å². The Hall–Kier alpha value is -2.44. The Morgan fingerprint density at radius 3 is 2.26 bits per heavy atom. The van der Waals surface area contributed by atoms with Gasteiger partial charge in [-0.15, -0.1) is 11.6 Å². The van der Waals surface area contributed by atoms with E-state index < -0.39 is 6.04 Å². The van der Waals surface area contributed by atoms with Gasteiger partial charge in [-0.2, -0.15) is 0 Å². The quantitative estimate of drug-likeness (QED) is 0.329. The summed E-state index contributed by atoms with van der Waals surface area (Å²) in [5, 5.41) is 3.78. The van der Waals surface area contributed by atoms with Crippen molar-refractivity contribution in [1.82, 2.24) is 10.2 Å². The van der Waals surface area contributed by atoms with Gasteiger partial charge in [0.25, 0.3) is 0 Å². The molecule has 0 spiro atoms. The van der Waals surface area contributed by atoms with Gasteiger partial charge in [0.15, 0.2) is 11.5 Å². The number of amides is 2. The van der Waals surface area contributed by atoms with Gasteiger partial charge in [-0.1, -0.05) is 55.5 Å². The number of rotatable bonds is 10. The number of benzene rings is 2. The summed E-state index contributed by atoms with van der Waals surface area (Å²) >= 11 is 12.1. The standard InChI is InChI=1S/C27H34Cl2N2O4/c1-34-23-14-9-19(17-24(23)35-2)15-16-31(25(32)18-28)26(20-10-12-21(29)13-11-20)27(33)30-22-7-5-3-4-6-8-22/h9-14,17,22,26H,3-8,15-16,18H2,1-2H3,(H,30,33)/t26-/m0/s1. The van der Waals surface area contributed by atoms with Crippen molar-refractivity contribution < 1.29 is 19.1 Å². The van der Waals surface area contributed by atoms with E-state index in [0.29, 0.717) is 35.1 Å². The SMILES string of the molecule is COc1ccc(CCN(C(=O)CCl)[C@H](C(=O)NC2CCCCCC2)c2ccc(Cl)cc2)cc1OC. The first-order valence-corrected chi connectivity index (χ1v) is 13.0. The zero-order valence-corrected chi connectivity index (χ0v) is 21.9. The van der Waals surface area contributed by atoms with Gasteiger partial charge in [0.2, 0.25) is 11.8 Å². The summed E-state index contributed by atoms with van der Waals surface area (Å²) in [7, 11) is 3.17. The Kier molecular flexibility index (Phi) is 10.5. The van der Waals surface area contributed by atoms with Crippen LogP contribution >= 0.6 is 23.2 Å². The van der Waals surface area contributed by atoms with Crippen molar-refractivity contribution >= 4 is 35.0 Å². The van der Waals surface area contributed by atoms with Gasteiger partial charge in [0.05, 0.1) is 14.2 Å². The molecule has 1 aliphatic rings. The van der Waals surface area contributed by atoms with Crippen LogP contribution in [0.5, 0.6) is 11.5 Å². The molecule has 6 nitrogen and oxygen atoms in total. The van der Waals surface area contributed by atoms with Gasteiger partial charge >= 0.3 is 0 Å². The van der Waals surface area contributed by atoms with Gasteiger partial charge in [-0.05, 0) is 54.7 Å². The summed E-state index contributed by atoms with van der Waals surface area (Å²) in [4.78, 5) is 28.3. The fourth-order valence-corrected chi connectivity index (χ4v) is 4.86. The molecule has 0 saturated heterocycles. The van der Waals surface area contributed by atoms with Gasteiger partial charge in [0, 0.05) is 17.6 Å². The molecular weight excluding hydrogens is 487 g/mol. The predicted molar refractivity (Wildman–Crippen MR) is 140 cm³/mol. The number of halogens is 2. The Morgan fingerprint density at radius 1 is 1.00 bits per heavy atom. The summed E-state index contributed by atoms with van der Waals surface area (Å²) in [6.45, 7) is 0.312. The maximum Gasteiger partial charge on any atom is 0.247 e. The molecule has 2 aromatic carbocycles. The second-order valence-corrected chi connectivity index (χ2v) is 9.51. The number of carbonyl (C=O) groups is 2. The molecule has 0 aromatic heterocycles. The molecule has 2 amide bonds. The Bertz CT molecular complexity index is 976. The zero-order chi connectivity index (χ0) is 25.2.